The van der Waals surface area contributed by atoms with E-state index in [-0.39, 0.29) is 10.9 Å². The van der Waals surface area contributed by atoms with Gasteiger partial charge < -0.3 is 19.2 Å². The molecule has 2 aromatic carbocycles. The Bertz CT molecular complexity index is 1350. The molecule has 1 N–H and O–H groups in total. The van der Waals surface area contributed by atoms with Crippen LogP contribution in [0.4, 0.5) is 4.39 Å². The zero-order valence-electron chi connectivity index (χ0n) is 17.1. The maximum absolute atomic E-state index is 15.1. The second-order valence-corrected chi connectivity index (χ2v) is 6.91. The summed E-state index contributed by atoms with van der Waals surface area (Å²) < 4.78 is 23.7. The van der Waals surface area contributed by atoms with Crippen LogP contribution in [0.5, 0.6) is 5.75 Å². The maximum atomic E-state index is 15.1. The van der Waals surface area contributed by atoms with Crippen molar-refractivity contribution in [2.75, 3.05) is 14.2 Å². The molecule has 0 spiro atoms. The number of nitrogens with one attached hydrogen (secondary N) is 1. The summed E-state index contributed by atoms with van der Waals surface area (Å²) in [6.45, 7) is 2.37. The fraction of sp³-hybridized carbons (Fsp3) is 0.227. The first kappa shape index (κ1) is 19.6. The SMILES string of the molecule is CCn1cc(C(=O)NC)c(=O)c2cc(F)c3c(nc(-c4ccc(OC)cc4)n3C)c21. The molecule has 0 atom stereocenters. The number of pyridine rings is 1. The third kappa shape index (κ3) is 2.83. The Labute approximate surface area is 171 Å². The van der Waals surface area contributed by atoms with Crippen molar-refractivity contribution in [3.05, 3.63) is 58.1 Å². The zero-order valence-corrected chi connectivity index (χ0v) is 17.1. The van der Waals surface area contributed by atoms with Gasteiger partial charge >= 0.3 is 0 Å². The minimum atomic E-state index is -0.568. The Morgan fingerprint density at radius 2 is 1.93 bits per heavy atom. The fourth-order valence-corrected chi connectivity index (χ4v) is 3.76. The van der Waals surface area contributed by atoms with Gasteiger partial charge in [0.05, 0.1) is 18.0 Å². The number of methoxy groups -OCH3 is 1. The number of aromatic nitrogens is 3. The van der Waals surface area contributed by atoms with Crippen molar-refractivity contribution in [3.8, 4) is 17.1 Å². The lowest BCUT2D eigenvalue weighted by atomic mass is 10.1. The molecule has 1 amide bonds. The van der Waals surface area contributed by atoms with E-state index >= 15 is 4.39 Å². The summed E-state index contributed by atoms with van der Waals surface area (Å²) in [5, 5.41) is 2.59. The number of imidazole rings is 1. The molecular formula is C22H21FN4O3. The first-order valence-electron chi connectivity index (χ1n) is 9.49. The van der Waals surface area contributed by atoms with E-state index in [9.17, 15) is 9.59 Å². The van der Waals surface area contributed by atoms with Crippen LogP contribution >= 0.6 is 0 Å². The van der Waals surface area contributed by atoms with E-state index in [0.717, 1.165) is 5.56 Å². The van der Waals surface area contributed by atoms with E-state index in [2.05, 4.69) is 5.32 Å². The van der Waals surface area contributed by atoms with Crippen LogP contribution in [-0.2, 0) is 13.6 Å². The number of rotatable bonds is 4. The molecule has 0 saturated carbocycles. The molecule has 0 bridgehead atoms. The van der Waals surface area contributed by atoms with Gasteiger partial charge in [0.15, 0.2) is 0 Å². The molecule has 30 heavy (non-hydrogen) atoms. The molecule has 0 radical (unpaired) electrons. The lowest BCUT2D eigenvalue weighted by Gasteiger charge is -2.12. The van der Waals surface area contributed by atoms with Gasteiger partial charge in [-0.25, -0.2) is 9.37 Å². The number of carbonyl (C=O) groups is 1. The summed E-state index contributed by atoms with van der Waals surface area (Å²) in [6, 6.07) is 8.49. The molecule has 154 valence electrons. The predicted octanol–water partition coefficient (Wildman–Crippen LogP) is 3.08. The molecule has 4 rings (SSSR count). The smallest absolute Gasteiger partial charge is 0.256 e. The first-order chi connectivity index (χ1) is 14.4. The molecule has 0 aliphatic carbocycles. The van der Waals surface area contributed by atoms with Gasteiger partial charge in [0, 0.05) is 32.4 Å². The molecule has 0 unspecified atom stereocenters. The number of carbonyl (C=O) groups excluding carboxylic acids is 1. The molecule has 0 aliphatic heterocycles. The lowest BCUT2D eigenvalue weighted by molar-refractivity contribution is 0.0961. The van der Waals surface area contributed by atoms with Crippen molar-refractivity contribution >= 4 is 27.8 Å². The number of hydrogen-bond acceptors (Lipinski definition) is 4. The summed E-state index contributed by atoms with van der Waals surface area (Å²) in [7, 11) is 4.77. The summed E-state index contributed by atoms with van der Waals surface area (Å²) in [5.41, 5.74) is 1.41. The van der Waals surface area contributed by atoms with Gasteiger partial charge in [-0.2, -0.15) is 0 Å². The summed E-state index contributed by atoms with van der Waals surface area (Å²) >= 11 is 0. The monoisotopic (exact) mass is 408 g/mol. The molecule has 2 aromatic heterocycles. The normalized spacial score (nSPS) is 11.2. The molecule has 4 aromatic rings. The minimum absolute atomic E-state index is 0.0306. The van der Waals surface area contributed by atoms with E-state index in [0.29, 0.717) is 34.7 Å². The number of amides is 1. The zero-order chi connectivity index (χ0) is 21.6. The average molecular weight is 408 g/mol. The highest BCUT2D eigenvalue weighted by atomic mass is 19.1. The highest BCUT2D eigenvalue weighted by Crippen LogP contribution is 2.31. The van der Waals surface area contributed by atoms with E-state index in [1.807, 2.05) is 19.1 Å². The summed E-state index contributed by atoms with van der Waals surface area (Å²) in [4.78, 5) is 29.8. The fourth-order valence-electron chi connectivity index (χ4n) is 3.76. The standard InChI is InChI=1S/C22H21FN4O3/c1-5-27-11-15(22(29)24-2)20(28)14-10-16(23)19-17(18(14)27)25-21(26(19)3)12-6-8-13(30-4)9-7-12/h6-11H,5H2,1-4H3,(H,24,29). The van der Waals surface area contributed by atoms with Crippen molar-refractivity contribution in [3.63, 3.8) is 0 Å². The van der Waals surface area contributed by atoms with Gasteiger partial charge in [-0.3, -0.25) is 9.59 Å². The topological polar surface area (TPSA) is 78.2 Å². The Morgan fingerprint density at radius 3 is 2.53 bits per heavy atom. The molecule has 7 nitrogen and oxygen atoms in total. The highest BCUT2D eigenvalue weighted by Gasteiger charge is 2.22. The first-order valence-corrected chi connectivity index (χ1v) is 9.49. The predicted molar refractivity (Wildman–Crippen MR) is 113 cm³/mol. The van der Waals surface area contributed by atoms with Gasteiger partial charge in [-0.1, -0.05) is 0 Å². The van der Waals surface area contributed by atoms with Crippen LogP contribution in [0.3, 0.4) is 0 Å². The number of benzene rings is 2. The maximum Gasteiger partial charge on any atom is 0.256 e. The van der Waals surface area contributed by atoms with Crippen molar-refractivity contribution in [2.24, 2.45) is 7.05 Å². The largest absolute Gasteiger partial charge is 0.497 e. The van der Waals surface area contributed by atoms with Crippen molar-refractivity contribution < 1.29 is 13.9 Å². The van der Waals surface area contributed by atoms with Crippen LogP contribution in [0.25, 0.3) is 33.3 Å². The number of halogens is 1. The van der Waals surface area contributed by atoms with Crippen LogP contribution in [0.1, 0.15) is 17.3 Å². The van der Waals surface area contributed by atoms with Crippen molar-refractivity contribution in [1.82, 2.24) is 19.4 Å². The van der Waals surface area contributed by atoms with E-state index in [1.165, 1.54) is 19.3 Å². The second kappa shape index (κ2) is 7.29. The third-order valence-electron chi connectivity index (χ3n) is 5.29. The van der Waals surface area contributed by atoms with Crippen LogP contribution in [-0.4, -0.2) is 34.2 Å². The van der Waals surface area contributed by atoms with Crippen LogP contribution in [0, 0.1) is 5.82 Å². The number of hydrogen-bond donors (Lipinski definition) is 1. The number of nitrogens with zero attached hydrogens (tertiary/aromatic N) is 3. The Morgan fingerprint density at radius 1 is 1.23 bits per heavy atom. The quantitative estimate of drug-likeness (QED) is 0.563. The average Bonchev–Trinajstić information content (AvgIpc) is 3.12. The van der Waals surface area contributed by atoms with E-state index in [4.69, 9.17) is 9.72 Å². The van der Waals surface area contributed by atoms with Crippen molar-refractivity contribution in [1.29, 1.82) is 0 Å². The molecule has 0 aliphatic rings. The molecule has 0 fully saturated rings. The summed E-state index contributed by atoms with van der Waals surface area (Å²) in [5.74, 6) is 0.186. The van der Waals surface area contributed by atoms with Gasteiger partial charge in [-0.15, -0.1) is 0 Å². The van der Waals surface area contributed by atoms with Crippen LogP contribution < -0.4 is 15.5 Å². The van der Waals surface area contributed by atoms with Gasteiger partial charge in [0.1, 0.15) is 34.0 Å². The second-order valence-electron chi connectivity index (χ2n) is 6.91. The molecule has 8 heteroatoms. The number of ether oxygens (including phenoxy) is 1. The molecular weight excluding hydrogens is 387 g/mol. The van der Waals surface area contributed by atoms with Crippen LogP contribution in [0.2, 0.25) is 0 Å². The van der Waals surface area contributed by atoms with Crippen molar-refractivity contribution in [2.45, 2.75) is 13.5 Å². The lowest BCUT2D eigenvalue weighted by Crippen LogP contribution is -2.27. The van der Waals surface area contributed by atoms with Gasteiger partial charge in [-0.05, 0) is 37.3 Å². The number of aryl methyl sites for hydroxylation is 2. The molecule has 2 heterocycles. The van der Waals surface area contributed by atoms with Gasteiger partial charge in [0.25, 0.3) is 5.91 Å². The number of fused-ring (bicyclic) bond motifs is 3. The third-order valence-corrected chi connectivity index (χ3v) is 5.29. The molecule has 0 saturated heterocycles. The highest BCUT2D eigenvalue weighted by molar-refractivity contribution is 6.06. The van der Waals surface area contributed by atoms with E-state index in [1.54, 1.807) is 35.4 Å². The Hall–Kier alpha value is -3.68. The Kier molecular flexibility index (Phi) is 4.77. The minimum Gasteiger partial charge on any atom is -0.497 e. The van der Waals surface area contributed by atoms with E-state index < -0.39 is 17.2 Å². The van der Waals surface area contributed by atoms with Gasteiger partial charge in [0.2, 0.25) is 5.43 Å². The summed E-state index contributed by atoms with van der Waals surface area (Å²) in [6.07, 6.45) is 1.50. The van der Waals surface area contributed by atoms with Crippen LogP contribution in [0.15, 0.2) is 41.3 Å². The Balaban J connectivity index is 2.09.